The van der Waals surface area contributed by atoms with Crippen molar-refractivity contribution < 1.29 is 5.11 Å². The minimum absolute atomic E-state index is 0.570. The lowest BCUT2D eigenvalue weighted by atomic mass is 10.1. The topological polar surface area (TPSA) is 36.4 Å². The molecule has 3 rings (SSSR count). The summed E-state index contributed by atoms with van der Waals surface area (Å²) in [7, 11) is 0. The lowest BCUT2D eigenvalue weighted by Gasteiger charge is -2.20. The predicted octanol–water partition coefficient (Wildman–Crippen LogP) is 2.26. The van der Waals surface area contributed by atoms with Crippen LogP contribution in [0.2, 0.25) is 0 Å². The number of pyridine rings is 1. The van der Waals surface area contributed by atoms with Crippen molar-refractivity contribution in [1.82, 2.24) is 4.98 Å². The molecule has 1 aliphatic rings. The highest BCUT2D eigenvalue weighted by Gasteiger charge is 2.32. The van der Waals surface area contributed by atoms with Crippen molar-refractivity contribution in [1.29, 1.82) is 0 Å². The van der Waals surface area contributed by atoms with Gasteiger partial charge in [-0.3, -0.25) is 0 Å². The number of anilines is 1. The van der Waals surface area contributed by atoms with Gasteiger partial charge in [0.2, 0.25) is 0 Å². The van der Waals surface area contributed by atoms with Crippen molar-refractivity contribution in [3.63, 3.8) is 0 Å². The zero-order valence-electron chi connectivity index (χ0n) is 9.18. The van der Waals surface area contributed by atoms with Gasteiger partial charge in [-0.05, 0) is 30.9 Å². The SMILES string of the molecule is CC1(O)CCN(c2nccc3sccc23)C1. The van der Waals surface area contributed by atoms with Crippen LogP contribution >= 0.6 is 11.3 Å². The van der Waals surface area contributed by atoms with E-state index in [2.05, 4.69) is 21.3 Å². The standard InChI is InChI=1S/C12H14N2OS/c1-12(15)4-6-14(8-12)11-9-3-7-16-10(9)2-5-13-11/h2-3,5,7,15H,4,6,8H2,1H3. The molecule has 1 unspecified atom stereocenters. The Hall–Kier alpha value is -1.13. The summed E-state index contributed by atoms with van der Waals surface area (Å²) in [5.41, 5.74) is -0.570. The molecule has 0 saturated carbocycles. The number of thiophene rings is 1. The van der Waals surface area contributed by atoms with Gasteiger partial charge in [0.25, 0.3) is 0 Å². The zero-order chi connectivity index (χ0) is 11.2. The van der Waals surface area contributed by atoms with Gasteiger partial charge in [0.15, 0.2) is 0 Å². The Balaban J connectivity index is 2.03. The summed E-state index contributed by atoms with van der Waals surface area (Å²) in [6.45, 7) is 3.45. The van der Waals surface area contributed by atoms with Gasteiger partial charge < -0.3 is 10.0 Å². The maximum absolute atomic E-state index is 9.98. The van der Waals surface area contributed by atoms with Crippen LogP contribution in [0.4, 0.5) is 5.82 Å². The summed E-state index contributed by atoms with van der Waals surface area (Å²) in [4.78, 5) is 6.62. The van der Waals surface area contributed by atoms with Crippen LogP contribution < -0.4 is 4.90 Å². The van der Waals surface area contributed by atoms with E-state index in [1.807, 2.05) is 19.2 Å². The first kappa shape index (κ1) is 10.1. The molecule has 1 atom stereocenters. The number of aromatic nitrogens is 1. The maximum atomic E-state index is 9.98. The number of hydrogen-bond acceptors (Lipinski definition) is 4. The lowest BCUT2D eigenvalue weighted by molar-refractivity contribution is 0.0839. The van der Waals surface area contributed by atoms with Crippen LogP contribution in [-0.4, -0.2) is 28.8 Å². The van der Waals surface area contributed by atoms with Gasteiger partial charge in [-0.15, -0.1) is 11.3 Å². The molecule has 2 aromatic heterocycles. The van der Waals surface area contributed by atoms with Crippen molar-refractivity contribution in [3.8, 4) is 0 Å². The molecular formula is C12H14N2OS. The molecule has 0 amide bonds. The molecule has 0 radical (unpaired) electrons. The molecule has 1 N–H and O–H groups in total. The number of fused-ring (bicyclic) bond motifs is 1. The second kappa shape index (κ2) is 3.43. The molecule has 0 bridgehead atoms. The number of nitrogens with zero attached hydrogens (tertiary/aromatic N) is 2. The third-order valence-corrected chi connectivity index (χ3v) is 3.99. The molecule has 0 aliphatic carbocycles. The number of β-amino-alcohol motifs (C(OH)–C–C–N with tert-alkyl or cyclic N) is 1. The van der Waals surface area contributed by atoms with Gasteiger partial charge in [-0.25, -0.2) is 4.98 Å². The highest BCUT2D eigenvalue weighted by molar-refractivity contribution is 7.17. The molecule has 16 heavy (non-hydrogen) atoms. The van der Waals surface area contributed by atoms with E-state index < -0.39 is 5.60 Å². The van der Waals surface area contributed by atoms with Crippen LogP contribution in [0.5, 0.6) is 0 Å². The molecule has 1 saturated heterocycles. The average Bonchev–Trinajstić information content (AvgIpc) is 2.83. The van der Waals surface area contributed by atoms with E-state index in [4.69, 9.17) is 0 Å². The smallest absolute Gasteiger partial charge is 0.137 e. The Labute approximate surface area is 98.3 Å². The Bertz CT molecular complexity index is 520. The largest absolute Gasteiger partial charge is 0.388 e. The van der Waals surface area contributed by atoms with E-state index in [1.54, 1.807) is 11.3 Å². The van der Waals surface area contributed by atoms with Gasteiger partial charge in [-0.2, -0.15) is 0 Å². The fraction of sp³-hybridized carbons (Fsp3) is 0.417. The van der Waals surface area contributed by atoms with Crippen LogP contribution in [0.15, 0.2) is 23.7 Å². The monoisotopic (exact) mass is 234 g/mol. The Morgan fingerprint density at radius 1 is 1.50 bits per heavy atom. The first-order valence-electron chi connectivity index (χ1n) is 5.45. The molecule has 2 aromatic rings. The molecule has 84 valence electrons. The highest BCUT2D eigenvalue weighted by Crippen LogP contribution is 2.32. The normalized spacial score (nSPS) is 25.5. The summed E-state index contributed by atoms with van der Waals surface area (Å²) in [5, 5.41) is 13.3. The number of aliphatic hydroxyl groups is 1. The third-order valence-electron chi connectivity index (χ3n) is 3.11. The van der Waals surface area contributed by atoms with E-state index in [0.717, 1.165) is 18.8 Å². The zero-order valence-corrected chi connectivity index (χ0v) is 10.00. The number of hydrogen-bond donors (Lipinski definition) is 1. The van der Waals surface area contributed by atoms with E-state index in [9.17, 15) is 5.11 Å². The Kier molecular flexibility index (Phi) is 2.16. The van der Waals surface area contributed by atoms with Gasteiger partial charge >= 0.3 is 0 Å². The van der Waals surface area contributed by atoms with Crippen molar-refractivity contribution in [2.24, 2.45) is 0 Å². The Morgan fingerprint density at radius 2 is 2.38 bits per heavy atom. The summed E-state index contributed by atoms with van der Waals surface area (Å²) < 4.78 is 1.26. The highest BCUT2D eigenvalue weighted by atomic mass is 32.1. The van der Waals surface area contributed by atoms with Crippen LogP contribution in [-0.2, 0) is 0 Å². The fourth-order valence-electron chi connectivity index (χ4n) is 2.26. The number of rotatable bonds is 1. The summed E-state index contributed by atoms with van der Waals surface area (Å²) in [5.74, 6) is 1.01. The quantitative estimate of drug-likeness (QED) is 0.822. The Morgan fingerprint density at radius 3 is 3.12 bits per heavy atom. The van der Waals surface area contributed by atoms with Crippen molar-refractivity contribution in [3.05, 3.63) is 23.7 Å². The molecule has 1 aliphatic heterocycles. The van der Waals surface area contributed by atoms with E-state index in [1.165, 1.54) is 10.1 Å². The molecule has 3 heterocycles. The minimum atomic E-state index is -0.570. The molecule has 1 fully saturated rings. The van der Waals surface area contributed by atoms with Gasteiger partial charge in [0, 0.05) is 29.4 Å². The molecule has 3 nitrogen and oxygen atoms in total. The van der Waals surface area contributed by atoms with Gasteiger partial charge in [0.05, 0.1) is 5.60 Å². The lowest BCUT2D eigenvalue weighted by Crippen LogP contribution is -2.30. The summed E-state index contributed by atoms with van der Waals surface area (Å²) in [6.07, 6.45) is 2.66. The van der Waals surface area contributed by atoms with E-state index >= 15 is 0 Å². The van der Waals surface area contributed by atoms with Gasteiger partial charge in [0.1, 0.15) is 5.82 Å². The molecular weight excluding hydrogens is 220 g/mol. The van der Waals surface area contributed by atoms with Crippen molar-refractivity contribution >= 4 is 27.2 Å². The van der Waals surface area contributed by atoms with Crippen LogP contribution in [0.3, 0.4) is 0 Å². The summed E-state index contributed by atoms with van der Waals surface area (Å²) in [6, 6.07) is 4.15. The molecule has 0 spiro atoms. The summed E-state index contributed by atoms with van der Waals surface area (Å²) >= 11 is 1.73. The third kappa shape index (κ3) is 1.58. The maximum Gasteiger partial charge on any atom is 0.137 e. The molecule has 0 aromatic carbocycles. The second-order valence-corrected chi connectivity index (χ2v) is 5.58. The average molecular weight is 234 g/mol. The molecule has 4 heteroatoms. The van der Waals surface area contributed by atoms with E-state index in [-0.39, 0.29) is 0 Å². The van der Waals surface area contributed by atoms with Crippen molar-refractivity contribution in [2.45, 2.75) is 18.9 Å². The first-order chi connectivity index (χ1) is 7.66. The second-order valence-electron chi connectivity index (χ2n) is 4.64. The van der Waals surface area contributed by atoms with E-state index in [0.29, 0.717) is 6.54 Å². The minimum Gasteiger partial charge on any atom is -0.388 e. The predicted molar refractivity (Wildman–Crippen MR) is 67.1 cm³/mol. The van der Waals surface area contributed by atoms with Crippen molar-refractivity contribution in [2.75, 3.05) is 18.0 Å². The van der Waals surface area contributed by atoms with Crippen LogP contribution in [0.1, 0.15) is 13.3 Å². The first-order valence-corrected chi connectivity index (χ1v) is 6.33. The van der Waals surface area contributed by atoms with Crippen LogP contribution in [0.25, 0.3) is 10.1 Å². The van der Waals surface area contributed by atoms with Gasteiger partial charge in [-0.1, -0.05) is 0 Å². The fourth-order valence-corrected chi connectivity index (χ4v) is 3.03. The van der Waals surface area contributed by atoms with Crippen LogP contribution in [0, 0.1) is 0 Å².